The lowest BCUT2D eigenvalue weighted by atomic mass is 9.89. The average Bonchev–Trinajstić information content (AvgIpc) is 3.20. The SMILES string of the molecule is CC1(CN)CCN(C(=O)c2cn(-c3ccccc3)nc2C(C)(C)C)C1.Cl. The molecule has 1 fully saturated rings. The number of nitrogens with two attached hydrogens (primary N) is 1. The van der Waals surface area contributed by atoms with Gasteiger partial charge in [-0.1, -0.05) is 45.9 Å². The molecular formula is C20H29ClN4O. The number of hydrogen-bond acceptors (Lipinski definition) is 3. The van der Waals surface area contributed by atoms with Crippen molar-refractivity contribution >= 4 is 18.3 Å². The van der Waals surface area contributed by atoms with E-state index in [9.17, 15) is 4.79 Å². The summed E-state index contributed by atoms with van der Waals surface area (Å²) in [7, 11) is 0. The number of benzene rings is 1. The van der Waals surface area contributed by atoms with E-state index in [2.05, 4.69) is 27.7 Å². The quantitative estimate of drug-likeness (QED) is 0.892. The molecule has 26 heavy (non-hydrogen) atoms. The van der Waals surface area contributed by atoms with Gasteiger partial charge in [-0.2, -0.15) is 5.10 Å². The molecule has 0 bridgehead atoms. The van der Waals surface area contributed by atoms with Gasteiger partial charge in [-0.3, -0.25) is 4.79 Å². The molecular weight excluding hydrogens is 348 g/mol. The van der Waals surface area contributed by atoms with Crippen molar-refractivity contribution < 1.29 is 4.79 Å². The molecule has 3 rings (SSSR count). The number of rotatable bonds is 3. The molecule has 1 saturated heterocycles. The van der Waals surface area contributed by atoms with Gasteiger partial charge in [0.15, 0.2) is 0 Å². The molecule has 2 heterocycles. The Morgan fingerprint density at radius 3 is 2.46 bits per heavy atom. The Morgan fingerprint density at radius 1 is 1.27 bits per heavy atom. The Bertz CT molecular complexity index is 766. The van der Waals surface area contributed by atoms with Gasteiger partial charge in [0.05, 0.1) is 16.9 Å². The van der Waals surface area contributed by atoms with Gasteiger partial charge in [-0.05, 0) is 30.5 Å². The number of amides is 1. The Labute approximate surface area is 162 Å². The number of nitrogens with zero attached hydrogens (tertiary/aromatic N) is 3. The number of carbonyl (C=O) groups excluding carboxylic acids is 1. The van der Waals surface area contributed by atoms with Crippen LogP contribution in [0.3, 0.4) is 0 Å². The van der Waals surface area contributed by atoms with Gasteiger partial charge in [0.1, 0.15) is 0 Å². The third-order valence-corrected chi connectivity index (χ3v) is 5.01. The van der Waals surface area contributed by atoms with E-state index in [4.69, 9.17) is 10.8 Å². The maximum atomic E-state index is 13.2. The van der Waals surface area contributed by atoms with Crippen molar-refractivity contribution in [1.29, 1.82) is 0 Å². The molecule has 1 aliphatic heterocycles. The molecule has 0 spiro atoms. The molecule has 1 atom stereocenters. The van der Waals surface area contributed by atoms with E-state index in [0.717, 1.165) is 24.3 Å². The van der Waals surface area contributed by atoms with Crippen LogP contribution in [-0.4, -0.2) is 40.2 Å². The summed E-state index contributed by atoms with van der Waals surface area (Å²) in [5, 5.41) is 4.75. The van der Waals surface area contributed by atoms with Crippen molar-refractivity contribution in [2.45, 2.75) is 39.5 Å². The highest BCUT2D eigenvalue weighted by atomic mass is 35.5. The third kappa shape index (κ3) is 3.94. The normalized spacial score (nSPS) is 20.1. The van der Waals surface area contributed by atoms with E-state index < -0.39 is 0 Å². The minimum Gasteiger partial charge on any atom is -0.338 e. The van der Waals surface area contributed by atoms with Crippen LogP contribution in [0.15, 0.2) is 36.5 Å². The lowest BCUT2D eigenvalue weighted by molar-refractivity contribution is 0.0774. The summed E-state index contributed by atoms with van der Waals surface area (Å²) in [6.07, 6.45) is 2.82. The average molecular weight is 377 g/mol. The second-order valence-corrected chi connectivity index (χ2v) is 8.41. The van der Waals surface area contributed by atoms with Gasteiger partial charge in [-0.25, -0.2) is 4.68 Å². The maximum absolute atomic E-state index is 13.2. The van der Waals surface area contributed by atoms with Crippen molar-refractivity contribution in [3.8, 4) is 5.69 Å². The second-order valence-electron chi connectivity index (χ2n) is 8.41. The Kier molecular flexibility index (Phi) is 5.83. The Morgan fingerprint density at radius 2 is 1.92 bits per heavy atom. The van der Waals surface area contributed by atoms with Crippen molar-refractivity contribution in [1.82, 2.24) is 14.7 Å². The zero-order chi connectivity index (χ0) is 18.2. The summed E-state index contributed by atoms with van der Waals surface area (Å²) in [5.74, 6) is 0.0595. The van der Waals surface area contributed by atoms with Crippen LogP contribution >= 0.6 is 12.4 Å². The molecule has 1 aromatic heterocycles. The van der Waals surface area contributed by atoms with E-state index >= 15 is 0 Å². The molecule has 2 N–H and O–H groups in total. The Balaban J connectivity index is 0.00000243. The number of likely N-dealkylation sites (tertiary alicyclic amines) is 1. The summed E-state index contributed by atoms with van der Waals surface area (Å²) in [6.45, 7) is 10.5. The molecule has 0 radical (unpaired) electrons. The topological polar surface area (TPSA) is 64.2 Å². The summed E-state index contributed by atoms with van der Waals surface area (Å²) < 4.78 is 1.81. The third-order valence-electron chi connectivity index (χ3n) is 5.01. The molecule has 5 nitrogen and oxygen atoms in total. The van der Waals surface area contributed by atoms with Crippen LogP contribution in [0, 0.1) is 5.41 Å². The molecule has 2 aromatic rings. The summed E-state index contributed by atoms with van der Waals surface area (Å²) in [4.78, 5) is 15.1. The number of carbonyl (C=O) groups is 1. The zero-order valence-corrected chi connectivity index (χ0v) is 16.8. The Hall–Kier alpha value is -1.85. The smallest absolute Gasteiger partial charge is 0.257 e. The van der Waals surface area contributed by atoms with Gasteiger partial charge in [-0.15, -0.1) is 12.4 Å². The first-order chi connectivity index (χ1) is 11.7. The van der Waals surface area contributed by atoms with E-state index in [1.807, 2.05) is 46.1 Å². The fourth-order valence-corrected chi connectivity index (χ4v) is 3.33. The second kappa shape index (κ2) is 7.41. The van der Waals surface area contributed by atoms with Gasteiger partial charge < -0.3 is 10.6 Å². The summed E-state index contributed by atoms with van der Waals surface area (Å²) >= 11 is 0. The van der Waals surface area contributed by atoms with Crippen molar-refractivity contribution in [2.24, 2.45) is 11.1 Å². The summed E-state index contributed by atoms with van der Waals surface area (Å²) in [5.41, 5.74) is 8.20. The first-order valence-corrected chi connectivity index (χ1v) is 8.88. The first-order valence-electron chi connectivity index (χ1n) is 8.88. The fourth-order valence-electron chi connectivity index (χ4n) is 3.33. The van der Waals surface area contributed by atoms with Crippen LogP contribution in [0.2, 0.25) is 0 Å². The molecule has 0 aliphatic carbocycles. The van der Waals surface area contributed by atoms with Crippen LogP contribution in [0.1, 0.15) is 50.2 Å². The predicted molar refractivity (Wildman–Crippen MR) is 107 cm³/mol. The van der Waals surface area contributed by atoms with Gasteiger partial charge >= 0.3 is 0 Å². The molecule has 1 amide bonds. The standard InChI is InChI=1S/C20H28N4O.ClH/c1-19(2,3)17-16(12-24(22-17)15-8-6-5-7-9-15)18(25)23-11-10-20(4,13-21)14-23;/h5-9,12H,10-11,13-14,21H2,1-4H3;1H. The lowest BCUT2D eigenvalue weighted by Gasteiger charge is -2.23. The number of aromatic nitrogens is 2. The number of hydrogen-bond donors (Lipinski definition) is 1. The number of para-hydroxylation sites is 1. The van der Waals surface area contributed by atoms with E-state index in [0.29, 0.717) is 18.7 Å². The molecule has 142 valence electrons. The van der Waals surface area contributed by atoms with Gasteiger partial charge in [0.25, 0.3) is 5.91 Å². The van der Waals surface area contributed by atoms with Crippen molar-refractivity contribution in [2.75, 3.05) is 19.6 Å². The van der Waals surface area contributed by atoms with Crippen molar-refractivity contribution in [3.05, 3.63) is 47.8 Å². The fraction of sp³-hybridized carbons (Fsp3) is 0.500. The number of halogens is 1. The van der Waals surface area contributed by atoms with Crippen LogP contribution in [0.5, 0.6) is 0 Å². The molecule has 1 unspecified atom stereocenters. The minimum absolute atomic E-state index is 0. The highest BCUT2D eigenvalue weighted by molar-refractivity contribution is 5.95. The van der Waals surface area contributed by atoms with E-state index in [-0.39, 0.29) is 29.1 Å². The zero-order valence-electron chi connectivity index (χ0n) is 16.0. The predicted octanol–water partition coefficient (Wildman–Crippen LogP) is 3.40. The molecule has 1 aromatic carbocycles. The molecule has 0 saturated carbocycles. The maximum Gasteiger partial charge on any atom is 0.257 e. The monoisotopic (exact) mass is 376 g/mol. The van der Waals surface area contributed by atoms with Gasteiger partial charge in [0.2, 0.25) is 0 Å². The van der Waals surface area contributed by atoms with Crippen molar-refractivity contribution in [3.63, 3.8) is 0 Å². The molecule has 6 heteroatoms. The largest absolute Gasteiger partial charge is 0.338 e. The van der Waals surface area contributed by atoms with Crippen LogP contribution in [-0.2, 0) is 5.41 Å². The lowest BCUT2D eigenvalue weighted by Crippen LogP contribution is -2.35. The van der Waals surface area contributed by atoms with E-state index in [1.54, 1.807) is 0 Å². The van der Waals surface area contributed by atoms with Gasteiger partial charge in [0, 0.05) is 24.7 Å². The van der Waals surface area contributed by atoms with E-state index in [1.165, 1.54) is 0 Å². The van der Waals surface area contributed by atoms with Crippen LogP contribution < -0.4 is 5.73 Å². The first kappa shape index (κ1) is 20.5. The van der Waals surface area contributed by atoms with Crippen LogP contribution in [0.4, 0.5) is 0 Å². The minimum atomic E-state index is -0.206. The molecule has 1 aliphatic rings. The highest BCUT2D eigenvalue weighted by Crippen LogP contribution is 2.32. The summed E-state index contributed by atoms with van der Waals surface area (Å²) in [6, 6.07) is 9.91. The van der Waals surface area contributed by atoms with Crippen LogP contribution in [0.25, 0.3) is 5.69 Å². The highest BCUT2D eigenvalue weighted by Gasteiger charge is 2.37.